The molecule has 2 atom stereocenters. The number of benzene rings is 3. The van der Waals surface area contributed by atoms with Crippen molar-refractivity contribution in [1.82, 2.24) is 5.32 Å². The molecule has 0 saturated heterocycles. The molecule has 3 aromatic rings. The number of aryl methyl sites for hydroxylation is 1. The molecule has 0 aromatic heterocycles. The summed E-state index contributed by atoms with van der Waals surface area (Å²) in [5.41, 5.74) is 2.50. The Balaban J connectivity index is 1.59. The van der Waals surface area contributed by atoms with Gasteiger partial charge in [-0.25, -0.2) is 13.2 Å². The minimum Gasteiger partial charge on any atom is -0.364 e. The van der Waals surface area contributed by atoms with Crippen molar-refractivity contribution in [3.8, 4) is 0 Å². The van der Waals surface area contributed by atoms with Crippen LogP contribution in [-0.4, -0.2) is 5.84 Å². The van der Waals surface area contributed by atoms with Crippen LogP contribution in [0.25, 0.3) is 0 Å². The number of hydrogen-bond acceptors (Lipinski definition) is 2. The van der Waals surface area contributed by atoms with Crippen molar-refractivity contribution in [2.45, 2.75) is 24.9 Å². The molecule has 1 N–H and O–H groups in total. The van der Waals surface area contributed by atoms with E-state index in [1.807, 2.05) is 12.1 Å². The molecule has 0 saturated carbocycles. The summed E-state index contributed by atoms with van der Waals surface area (Å²) in [5.74, 6) is -0.146. The summed E-state index contributed by atoms with van der Waals surface area (Å²) in [4.78, 5) is 4.76. The lowest BCUT2D eigenvalue weighted by atomic mass is 9.95. The number of nitrogens with one attached hydrogen (secondary N) is 1. The Morgan fingerprint density at radius 2 is 1.36 bits per heavy atom. The van der Waals surface area contributed by atoms with E-state index >= 15 is 0 Å². The second-order valence-corrected chi connectivity index (χ2v) is 6.88. The topological polar surface area (TPSA) is 24.4 Å². The molecule has 1 aliphatic heterocycles. The molecule has 142 valence electrons. The summed E-state index contributed by atoms with van der Waals surface area (Å²) < 4.78 is 40.6. The van der Waals surface area contributed by atoms with Crippen molar-refractivity contribution in [2.24, 2.45) is 4.99 Å². The zero-order chi connectivity index (χ0) is 19.5. The maximum atomic E-state index is 13.8. The summed E-state index contributed by atoms with van der Waals surface area (Å²) in [6, 6.07) is 18.4. The van der Waals surface area contributed by atoms with Crippen molar-refractivity contribution in [3.63, 3.8) is 0 Å². The molecule has 1 heterocycles. The van der Waals surface area contributed by atoms with E-state index in [1.165, 1.54) is 36.4 Å². The number of halogens is 3. The van der Waals surface area contributed by atoms with Crippen molar-refractivity contribution >= 4 is 5.84 Å². The van der Waals surface area contributed by atoms with Crippen LogP contribution < -0.4 is 5.32 Å². The van der Waals surface area contributed by atoms with E-state index in [1.54, 1.807) is 24.3 Å². The Morgan fingerprint density at radius 3 is 2.04 bits per heavy atom. The van der Waals surface area contributed by atoms with Gasteiger partial charge in [-0.05, 0) is 59.5 Å². The number of rotatable bonds is 5. The van der Waals surface area contributed by atoms with Crippen molar-refractivity contribution in [3.05, 3.63) is 107 Å². The van der Waals surface area contributed by atoms with E-state index in [9.17, 15) is 13.2 Å². The first-order chi connectivity index (χ1) is 13.6. The molecule has 0 amide bonds. The van der Waals surface area contributed by atoms with Gasteiger partial charge in [0.05, 0.1) is 11.9 Å². The van der Waals surface area contributed by atoms with Crippen LogP contribution in [0.4, 0.5) is 13.2 Å². The molecule has 0 fully saturated rings. The third kappa shape index (κ3) is 4.09. The predicted octanol–water partition coefficient (Wildman–Crippen LogP) is 5.52. The first kappa shape index (κ1) is 18.3. The minimum absolute atomic E-state index is 0.266. The fraction of sp³-hybridized carbons (Fsp3) is 0.174. The van der Waals surface area contributed by atoms with Gasteiger partial charge in [-0.2, -0.15) is 0 Å². The maximum absolute atomic E-state index is 13.8. The molecule has 0 radical (unpaired) electrons. The Kier molecular flexibility index (Phi) is 5.15. The monoisotopic (exact) mass is 380 g/mol. The Bertz CT molecular complexity index is 999. The van der Waals surface area contributed by atoms with Gasteiger partial charge < -0.3 is 5.32 Å². The van der Waals surface area contributed by atoms with Crippen molar-refractivity contribution in [2.75, 3.05) is 0 Å². The summed E-state index contributed by atoms with van der Waals surface area (Å²) >= 11 is 0. The third-order valence-electron chi connectivity index (χ3n) is 4.89. The van der Waals surface area contributed by atoms with E-state index in [0.717, 1.165) is 22.5 Å². The highest BCUT2D eigenvalue weighted by Gasteiger charge is 2.31. The molecular weight excluding hydrogens is 361 g/mol. The van der Waals surface area contributed by atoms with Crippen molar-refractivity contribution < 1.29 is 13.2 Å². The standard InChI is InChI=1S/C23H19F3N2/c24-18-10-7-15(8-11-18)9-12-21-27-22(16-3-1-5-19(25)13-16)23(28-21)17-4-2-6-20(26)14-17/h1-8,10-11,13-14,22-23H,9,12H2,(H,27,28)/t22-,23+. The van der Waals surface area contributed by atoms with Crippen LogP contribution in [0.3, 0.4) is 0 Å². The summed E-state index contributed by atoms with van der Waals surface area (Å²) in [7, 11) is 0. The lowest BCUT2D eigenvalue weighted by Gasteiger charge is -2.20. The fourth-order valence-electron chi connectivity index (χ4n) is 3.51. The molecule has 4 rings (SSSR count). The van der Waals surface area contributed by atoms with Gasteiger partial charge in [0, 0.05) is 6.42 Å². The number of nitrogens with zero attached hydrogens (tertiary/aromatic N) is 1. The first-order valence-corrected chi connectivity index (χ1v) is 9.17. The lowest BCUT2D eigenvalue weighted by molar-refractivity contribution is 0.555. The molecule has 1 aliphatic rings. The highest BCUT2D eigenvalue weighted by atomic mass is 19.1. The Hall–Kier alpha value is -3.08. The molecule has 0 bridgehead atoms. The maximum Gasteiger partial charge on any atom is 0.123 e. The van der Waals surface area contributed by atoms with E-state index in [2.05, 4.69) is 5.32 Å². The van der Waals surface area contributed by atoms with Gasteiger partial charge in [0.1, 0.15) is 23.5 Å². The summed E-state index contributed by atoms with van der Waals surface area (Å²) in [6.07, 6.45) is 1.32. The van der Waals surface area contributed by atoms with Crippen LogP contribution in [0.15, 0.2) is 77.8 Å². The zero-order valence-electron chi connectivity index (χ0n) is 15.1. The molecule has 28 heavy (non-hydrogen) atoms. The minimum atomic E-state index is -0.347. The third-order valence-corrected chi connectivity index (χ3v) is 4.89. The second-order valence-electron chi connectivity index (χ2n) is 6.88. The van der Waals surface area contributed by atoms with E-state index < -0.39 is 0 Å². The van der Waals surface area contributed by atoms with Gasteiger partial charge in [-0.3, -0.25) is 4.99 Å². The van der Waals surface area contributed by atoms with E-state index in [-0.39, 0.29) is 29.5 Å². The Morgan fingerprint density at radius 1 is 0.714 bits per heavy atom. The average Bonchev–Trinajstić information content (AvgIpc) is 3.12. The quantitative estimate of drug-likeness (QED) is 0.619. The first-order valence-electron chi connectivity index (χ1n) is 9.17. The van der Waals surface area contributed by atoms with Crippen LogP contribution in [0.2, 0.25) is 0 Å². The van der Waals surface area contributed by atoms with Crippen molar-refractivity contribution in [1.29, 1.82) is 0 Å². The molecule has 0 unspecified atom stereocenters. The number of aliphatic imine (C=N–C) groups is 1. The molecule has 0 aliphatic carbocycles. The largest absolute Gasteiger partial charge is 0.364 e. The van der Waals surface area contributed by atoms with E-state index in [4.69, 9.17) is 4.99 Å². The van der Waals surface area contributed by atoms with Gasteiger partial charge in [-0.1, -0.05) is 36.4 Å². The summed E-state index contributed by atoms with van der Waals surface area (Å²) in [6.45, 7) is 0. The lowest BCUT2D eigenvalue weighted by Crippen LogP contribution is -2.24. The average molecular weight is 380 g/mol. The SMILES string of the molecule is Fc1ccc(CCC2=N[C@@H](c3cccc(F)c3)[C@@H](c3cccc(F)c3)N2)cc1. The Labute approximate surface area is 161 Å². The number of amidine groups is 1. The van der Waals surface area contributed by atoms with Gasteiger partial charge in [0.15, 0.2) is 0 Å². The molecular formula is C23H19F3N2. The van der Waals surface area contributed by atoms with Crippen LogP contribution >= 0.6 is 0 Å². The highest BCUT2D eigenvalue weighted by molar-refractivity contribution is 5.85. The van der Waals surface area contributed by atoms with Gasteiger partial charge >= 0.3 is 0 Å². The van der Waals surface area contributed by atoms with Crippen LogP contribution in [-0.2, 0) is 6.42 Å². The molecule has 3 aromatic carbocycles. The normalized spacial score (nSPS) is 18.6. The number of hydrogen-bond donors (Lipinski definition) is 1. The molecule has 5 heteroatoms. The van der Waals surface area contributed by atoms with Gasteiger partial charge in [-0.15, -0.1) is 0 Å². The highest BCUT2D eigenvalue weighted by Crippen LogP contribution is 2.37. The second kappa shape index (κ2) is 7.89. The fourth-order valence-corrected chi connectivity index (χ4v) is 3.51. The summed E-state index contributed by atoms with van der Waals surface area (Å²) in [5, 5.41) is 3.37. The van der Waals surface area contributed by atoms with E-state index in [0.29, 0.717) is 12.8 Å². The molecule has 0 spiro atoms. The van der Waals surface area contributed by atoms with Crippen LogP contribution in [0.1, 0.15) is 35.2 Å². The van der Waals surface area contributed by atoms with Gasteiger partial charge in [0.25, 0.3) is 0 Å². The smallest absolute Gasteiger partial charge is 0.123 e. The van der Waals surface area contributed by atoms with Gasteiger partial charge in [0.2, 0.25) is 0 Å². The molecule has 2 nitrogen and oxygen atoms in total. The zero-order valence-corrected chi connectivity index (χ0v) is 15.1. The van der Waals surface area contributed by atoms with Crippen LogP contribution in [0.5, 0.6) is 0 Å². The van der Waals surface area contributed by atoms with Crippen LogP contribution in [0, 0.1) is 17.5 Å². The predicted molar refractivity (Wildman–Crippen MR) is 104 cm³/mol.